The van der Waals surface area contributed by atoms with Gasteiger partial charge >= 0.3 is 12.1 Å². The largest absolute Gasteiger partial charge is 0.394 e. The number of aliphatic hydroxyl groups excluding tert-OH is 1. The minimum absolute atomic E-state index is 0.0564. The molecule has 8 heteroatoms. The fraction of sp³-hybridized carbons (Fsp3) is 0.526. The smallest absolute Gasteiger partial charge is 0.322 e. The normalized spacial score (nSPS) is 23.6. The van der Waals surface area contributed by atoms with Gasteiger partial charge in [0.05, 0.1) is 12.6 Å². The van der Waals surface area contributed by atoms with Crippen LogP contribution in [0.5, 0.6) is 0 Å². The molecular weight excluding hydrogens is 348 g/mol. The standard InChI is InChI=1S/C19H26N4O4/c1-19(16(25)22-18(27)23-19)14-8-6-12(7-9-14)10-20-17(26)21-15(11-24)13-4-2-3-5-13/h6-9,13,15,24H,2-5,10-11H2,1H3,(H2,20,21,26)(H2,22,23,25,27). The van der Waals surface area contributed by atoms with Crippen LogP contribution in [0.25, 0.3) is 0 Å². The summed E-state index contributed by atoms with van der Waals surface area (Å²) in [5, 5.41) is 20.0. The second-order valence-electron chi connectivity index (χ2n) is 7.39. The van der Waals surface area contributed by atoms with Gasteiger partial charge in [-0.3, -0.25) is 10.1 Å². The number of carbonyl (C=O) groups is 3. The Morgan fingerprint density at radius 3 is 2.48 bits per heavy atom. The number of urea groups is 2. The quantitative estimate of drug-likeness (QED) is 0.479. The molecule has 2 fully saturated rings. The molecule has 8 nitrogen and oxygen atoms in total. The van der Waals surface area contributed by atoms with Crippen molar-refractivity contribution in [2.75, 3.05) is 6.61 Å². The van der Waals surface area contributed by atoms with Gasteiger partial charge in [0.15, 0.2) is 0 Å². The minimum atomic E-state index is -1.09. The van der Waals surface area contributed by atoms with Gasteiger partial charge in [0.2, 0.25) is 0 Å². The first-order chi connectivity index (χ1) is 12.9. The van der Waals surface area contributed by atoms with Crippen LogP contribution < -0.4 is 21.3 Å². The van der Waals surface area contributed by atoms with E-state index >= 15 is 0 Å². The predicted molar refractivity (Wildman–Crippen MR) is 98.7 cm³/mol. The summed E-state index contributed by atoms with van der Waals surface area (Å²) < 4.78 is 0. The van der Waals surface area contributed by atoms with Crippen molar-refractivity contribution in [1.29, 1.82) is 0 Å². The summed E-state index contributed by atoms with van der Waals surface area (Å²) in [5.41, 5.74) is 0.444. The second-order valence-corrected chi connectivity index (χ2v) is 7.39. The Morgan fingerprint density at radius 1 is 1.26 bits per heavy atom. The van der Waals surface area contributed by atoms with E-state index in [4.69, 9.17) is 0 Å². The zero-order valence-corrected chi connectivity index (χ0v) is 15.4. The van der Waals surface area contributed by atoms with Crippen molar-refractivity contribution < 1.29 is 19.5 Å². The van der Waals surface area contributed by atoms with Crippen LogP contribution in [0.4, 0.5) is 9.59 Å². The summed E-state index contributed by atoms with van der Waals surface area (Å²) >= 11 is 0. The maximum atomic E-state index is 12.1. The van der Waals surface area contributed by atoms with Gasteiger partial charge in [0, 0.05) is 6.54 Å². The Morgan fingerprint density at radius 2 is 1.93 bits per heavy atom. The third-order valence-corrected chi connectivity index (χ3v) is 5.51. The highest BCUT2D eigenvalue weighted by atomic mass is 16.3. The average molecular weight is 374 g/mol. The topological polar surface area (TPSA) is 120 Å². The van der Waals surface area contributed by atoms with Crippen molar-refractivity contribution in [2.45, 2.75) is 50.7 Å². The molecule has 1 aromatic rings. The molecule has 5 amide bonds. The SMILES string of the molecule is CC1(c2ccc(CNC(=O)NC(CO)C3CCCC3)cc2)NC(=O)NC1=O. The van der Waals surface area contributed by atoms with E-state index in [1.54, 1.807) is 31.2 Å². The van der Waals surface area contributed by atoms with Gasteiger partial charge in [-0.15, -0.1) is 0 Å². The van der Waals surface area contributed by atoms with E-state index in [-0.39, 0.29) is 24.6 Å². The first kappa shape index (κ1) is 19.2. The van der Waals surface area contributed by atoms with Gasteiger partial charge < -0.3 is 21.1 Å². The summed E-state index contributed by atoms with van der Waals surface area (Å²) in [5.74, 6) is -0.0479. The molecule has 2 unspecified atom stereocenters. The summed E-state index contributed by atoms with van der Waals surface area (Å²) in [6.07, 6.45) is 4.37. The molecule has 0 radical (unpaired) electrons. The lowest BCUT2D eigenvalue weighted by Crippen LogP contribution is -2.46. The molecule has 27 heavy (non-hydrogen) atoms. The minimum Gasteiger partial charge on any atom is -0.394 e. The molecule has 0 aromatic heterocycles. The predicted octanol–water partition coefficient (Wildman–Crippen LogP) is 1.09. The number of imide groups is 1. The Hall–Kier alpha value is -2.61. The van der Waals surface area contributed by atoms with Gasteiger partial charge in [-0.25, -0.2) is 9.59 Å². The maximum absolute atomic E-state index is 12.1. The van der Waals surface area contributed by atoms with E-state index in [9.17, 15) is 19.5 Å². The molecule has 1 saturated heterocycles. The highest BCUT2D eigenvalue weighted by Gasteiger charge is 2.43. The monoisotopic (exact) mass is 374 g/mol. The molecule has 1 aliphatic heterocycles. The first-order valence-corrected chi connectivity index (χ1v) is 9.30. The molecule has 3 rings (SSSR count). The lowest BCUT2D eigenvalue weighted by Gasteiger charge is -2.23. The summed E-state index contributed by atoms with van der Waals surface area (Å²) in [6.45, 7) is 1.91. The van der Waals surface area contributed by atoms with Crippen LogP contribution >= 0.6 is 0 Å². The van der Waals surface area contributed by atoms with Gasteiger partial charge in [-0.2, -0.15) is 0 Å². The molecule has 0 bridgehead atoms. The van der Waals surface area contributed by atoms with Gasteiger partial charge in [0.25, 0.3) is 5.91 Å². The van der Waals surface area contributed by atoms with Crippen LogP contribution in [-0.4, -0.2) is 35.7 Å². The molecular formula is C19H26N4O4. The van der Waals surface area contributed by atoms with Gasteiger partial charge in [-0.1, -0.05) is 37.1 Å². The maximum Gasteiger partial charge on any atom is 0.322 e. The highest BCUT2D eigenvalue weighted by molar-refractivity contribution is 6.07. The molecule has 1 heterocycles. The third kappa shape index (κ3) is 4.21. The molecule has 1 saturated carbocycles. The summed E-state index contributed by atoms with van der Waals surface area (Å²) in [4.78, 5) is 35.5. The zero-order chi connectivity index (χ0) is 19.4. The van der Waals surface area contributed by atoms with Gasteiger partial charge in [-0.05, 0) is 36.8 Å². The average Bonchev–Trinajstić information content (AvgIpc) is 3.27. The second kappa shape index (κ2) is 7.96. The Balaban J connectivity index is 1.53. The van der Waals surface area contributed by atoms with Crippen LogP contribution in [-0.2, 0) is 16.9 Å². The first-order valence-electron chi connectivity index (χ1n) is 9.30. The summed E-state index contributed by atoms with van der Waals surface area (Å²) in [7, 11) is 0. The lowest BCUT2D eigenvalue weighted by atomic mass is 9.91. The van der Waals surface area contributed by atoms with Crippen molar-refractivity contribution >= 4 is 18.0 Å². The fourth-order valence-corrected chi connectivity index (χ4v) is 3.78. The highest BCUT2D eigenvalue weighted by Crippen LogP contribution is 2.27. The van der Waals surface area contributed by atoms with Crippen LogP contribution in [0, 0.1) is 5.92 Å². The molecule has 0 spiro atoms. The van der Waals surface area contributed by atoms with Crippen molar-refractivity contribution in [2.24, 2.45) is 5.92 Å². The fourth-order valence-electron chi connectivity index (χ4n) is 3.78. The lowest BCUT2D eigenvalue weighted by molar-refractivity contribution is -0.123. The Labute approximate surface area is 158 Å². The number of aliphatic hydroxyl groups is 1. The van der Waals surface area contributed by atoms with Crippen LogP contribution in [0.3, 0.4) is 0 Å². The Bertz CT molecular complexity index is 715. The van der Waals surface area contributed by atoms with Gasteiger partial charge in [0.1, 0.15) is 5.54 Å². The number of carbonyl (C=O) groups excluding carboxylic acids is 3. The van der Waals surface area contributed by atoms with Crippen LogP contribution in [0.15, 0.2) is 24.3 Å². The van der Waals surface area contributed by atoms with E-state index in [2.05, 4.69) is 21.3 Å². The molecule has 2 atom stereocenters. The number of hydrogen-bond donors (Lipinski definition) is 5. The van der Waals surface area contributed by atoms with E-state index < -0.39 is 11.6 Å². The summed E-state index contributed by atoms with van der Waals surface area (Å²) in [6, 6.07) is 6.10. The molecule has 1 aliphatic carbocycles. The molecule has 1 aromatic carbocycles. The number of nitrogens with one attached hydrogen (secondary N) is 4. The number of hydrogen-bond acceptors (Lipinski definition) is 4. The van der Waals surface area contributed by atoms with Crippen LogP contribution in [0.1, 0.15) is 43.7 Å². The molecule has 146 valence electrons. The number of amides is 5. The third-order valence-electron chi connectivity index (χ3n) is 5.51. The molecule has 2 aliphatic rings. The number of benzene rings is 1. The van der Waals surface area contributed by atoms with E-state index in [1.165, 1.54) is 0 Å². The van der Waals surface area contributed by atoms with Crippen molar-refractivity contribution in [3.63, 3.8) is 0 Å². The van der Waals surface area contributed by atoms with Crippen molar-refractivity contribution in [3.05, 3.63) is 35.4 Å². The molecule has 5 N–H and O–H groups in total. The number of rotatable bonds is 6. The zero-order valence-electron chi connectivity index (χ0n) is 15.4. The van der Waals surface area contributed by atoms with Crippen LogP contribution in [0.2, 0.25) is 0 Å². The Kier molecular flexibility index (Phi) is 5.65. The van der Waals surface area contributed by atoms with Crippen molar-refractivity contribution in [1.82, 2.24) is 21.3 Å². The van der Waals surface area contributed by atoms with E-state index in [1.807, 2.05) is 0 Å². The van der Waals surface area contributed by atoms with E-state index in [0.29, 0.717) is 18.0 Å². The van der Waals surface area contributed by atoms with E-state index in [0.717, 1.165) is 31.2 Å². The van der Waals surface area contributed by atoms with Crippen molar-refractivity contribution in [3.8, 4) is 0 Å².